The number of imidazole rings is 1. The van der Waals surface area contributed by atoms with Crippen LogP contribution in [0.15, 0.2) is 42.6 Å². The summed E-state index contributed by atoms with van der Waals surface area (Å²) in [5, 5.41) is 11.4. The van der Waals surface area contributed by atoms with E-state index in [0.717, 1.165) is 16.8 Å². The van der Waals surface area contributed by atoms with Crippen molar-refractivity contribution in [2.45, 2.75) is 13.0 Å². The van der Waals surface area contributed by atoms with Crippen LogP contribution in [-0.4, -0.2) is 59.0 Å². The fraction of sp³-hybridized carbons (Fsp3) is 0.292. The van der Waals surface area contributed by atoms with E-state index in [1.165, 1.54) is 0 Å². The lowest BCUT2D eigenvalue weighted by Gasteiger charge is -2.29. The molecule has 170 valence electrons. The molecule has 1 atom stereocenters. The zero-order chi connectivity index (χ0) is 23.1. The lowest BCUT2D eigenvalue weighted by molar-refractivity contribution is 0.0698. The SMILES string of the molecule is COC(C)c1nc2c(C(=O)O)cc(N3CCOCC3)cc2n1-c1ccnc2c(Cl)cccc12. The van der Waals surface area contributed by atoms with Crippen LogP contribution in [0.5, 0.6) is 0 Å². The van der Waals surface area contributed by atoms with Crippen molar-refractivity contribution in [1.82, 2.24) is 14.5 Å². The van der Waals surface area contributed by atoms with Crippen LogP contribution < -0.4 is 4.90 Å². The number of ether oxygens (including phenoxy) is 2. The van der Waals surface area contributed by atoms with Gasteiger partial charge >= 0.3 is 5.97 Å². The molecule has 1 saturated heterocycles. The minimum absolute atomic E-state index is 0.147. The van der Waals surface area contributed by atoms with Crippen molar-refractivity contribution in [2.75, 3.05) is 38.3 Å². The first-order valence-corrected chi connectivity index (χ1v) is 11.1. The molecule has 0 saturated carbocycles. The van der Waals surface area contributed by atoms with Crippen LogP contribution >= 0.6 is 11.6 Å². The third kappa shape index (κ3) is 3.70. The number of hydrogen-bond donors (Lipinski definition) is 1. The fourth-order valence-corrected chi connectivity index (χ4v) is 4.52. The van der Waals surface area contributed by atoms with E-state index in [0.29, 0.717) is 53.7 Å². The number of nitrogens with zero attached hydrogens (tertiary/aromatic N) is 4. The van der Waals surface area contributed by atoms with Crippen LogP contribution in [0.4, 0.5) is 5.69 Å². The highest BCUT2D eigenvalue weighted by Gasteiger charge is 2.25. The van der Waals surface area contributed by atoms with Crippen LogP contribution in [0.3, 0.4) is 0 Å². The summed E-state index contributed by atoms with van der Waals surface area (Å²) in [5.41, 5.74) is 3.52. The fourth-order valence-electron chi connectivity index (χ4n) is 4.30. The van der Waals surface area contributed by atoms with Crippen molar-refractivity contribution in [2.24, 2.45) is 0 Å². The standard InChI is InChI=1S/C24H23ClN4O4/c1-14(32-2)23-27-22-17(24(30)31)12-15(28-8-10-33-11-9-28)13-20(22)29(23)19-6-7-26-21-16(19)4-3-5-18(21)25/h3-7,12-14H,8-11H2,1-2H3,(H,30,31). The molecular formula is C24H23ClN4O4. The first-order chi connectivity index (χ1) is 16.0. The Balaban J connectivity index is 1.86. The van der Waals surface area contributed by atoms with Gasteiger partial charge in [-0.15, -0.1) is 0 Å². The highest BCUT2D eigenvalue weighted by atomic mass is 35.5. The second-order valence-corrected chi connectivity index (χ2v) is 8.32. The Kier molecular flexibility index (Phi) is 5.65. The lowest BCUT2D eigenvalue weighted by Crippen LogP contribution is -2.36. The number of methoxy groups -OCH3 is 1. The lowest BCUT2D eigenvalue weighted by atomic mass is 10.1. The van der Waals surface area contributed by atoms with Gasteiger partial charge in [-0.05, 0) is 31.2 Å². The molecule has 0 amide bonds. The molecule has 1 fully saturated rings. The smallest absolute Gasteiger partial charge is 0.338 e. The van der Waals surface area contributed by atoms with Crippen molar-refractivity contribution in [3.63, 3.8) is 0 Å². The van der Waals surface area contributed by atoms with Gasteiger partial charge in [0.2, 0.25) is 0 Å². The number of carboxylic acid groups (broad SMARTS) is 1. The second kappa shape index (κ2) is 8.62. The Hall–Kier alpha value is -3.20. The topological polar surface area (TPSA) is 89.7 Å². The Bertz CT molecular complexity index is 1360. The van der Waals surface area contributed by atoms with E-state index in [9.17, 15) is 9.90 Å². The molecule has 0 radical (unpaired) electrons. The number of aromatic nitrogens is 3. The number of pyridine rings is 1. The maximum Gasteiger partial charge on any atom is 0.338 e. The zero-order valence-electron chi connectivity index (χ0n) is 18.3. The first-order valence-electron chi connectivity index (χ1n) is 10.7. The van der Waals surface area contributed by atoms with Gasteiger partial charge in [0.15, 0.2) is 0 Å². The quantitative estimate of drug-likeness (QED) is 0.464. The third-order valence-corrected chi connectivity index (χ3v) is 6.34. The first kappa shape index (κ1) is 21.6. The summed E-state index contributed by atoms with van der Waals surface area (Å²) in [6, 6.07) is 11.2. The van der Waals surface area contributed by atoms with E-state index in [-0.39, 0.29) is 11.7 Å². The third-order valence-electron chi connectivity index (χ3n) is 6.03. The molecule has 1 aliphatic heterocycles. The number of para-hydroxylation sites is 1. The molecule has 2 aromatic carbocycles. The van der Waals surface area contributed by atoms with Crippen molar-refractivity contribution >= 4 is 45.2 Å². The van der Waals surface area contributed by atoms with Gasteiger partial charge in [-0.2, -0.15) is 0 Å². The number of halogens is 1. The molecule has 0 aliphatic carbocycles. The van der Waals surface area contributed by atoms with Gasteiger partial charge in [0.05, 0.1) is 40.5 Å². The normalized spacial score (nSPS) is 15.3. The van der Waals surface area contributed by atoms with Crippen LogP contribution in [0.1, 0.15) is 29.2 Å². The number of morpholine rings is 1. The van der Waals surface area contributed by atoms with Gasteiger partial charge < -0.3 is 19.5 Å². The van der Waals surface area contributed by atoms with E-state index in [1.54, 1.807) is 25.4 Å². The van der Waals surface area contributed by atoms with Crippen molar-refractivity contribution < 1.29 is 19.4 Å². The number of carbonyl (C=O) groups is 1. The Morgan fingerprint density at radius 1 is 1.21 bits per heavy atom. The molecule has 0 bridgehead atoms. The van der Waals surface area contributed by atoms with Crippen molar-refractivity contribution in [3.8, 4) is 5.69 Å². The molecule has 8 nitrogen and oxygen atoms in total. The Labute approximate surface area is 195 Å². The molecule has 1 aliphatic rings. The number of benzene rings is 2. The summed E-state index contributed by atoms with van der Waals surface area (Å²) in [5.74, 6) is -0.430. The van der Waals surface area contributed by atoms with E-state index in [4.69, 9.17) is 26.1 Å². The minimum Gasteiger partial charge on any atom is -0.478 e. The number of carboxylic acids is 1. The van der Waals surface area contributed by atoms with Crippen LogP contribution in [-0.2, 0) is 9.47 Å². The van der Waals surface area contributed by atoms with Crippen LogP contribution in [0.2, 0.25) is 5.02 Å². The molecule has 5 rings (SSSR count). The van der Waals surface area contributed by atoms with Gasteiger partial charge in [0.25, 0.3) is 0 Å². The van der Waals surface area contributed by atoms with Crippen LogP contribution in [0, 0.1) is 0 Å². The number of rotatable bonds is 5. The Morgan fingerprint density at radius 2 is 2.00 bits per heavy atom. The Morgan fingerprint density at radius 3 is 2.73 bits per heavy atom. The van der Waals surface area contributed by atoms with Gasteiger partial charge in [0, 0.05) is 37.5 Å². The molecular weight excluding hydrogens is 444 g/mol. The molecule has 2 aromatic heterocycles. The number of anilines is 1. The summed E-state index contributed by atoms with van der Waals surface area (Å²) in [6.07, 6.45) is 1.31. The number of hydrogen-bond acceptors (Lipinski definition) is 6. The molecule has 1 unspecified atom stereocenters. The zero-order valence-corrected chi connectivity index (χ0v) is 19.0. The summed E-state index contributed by atoms with van der Waals surface area (Å²) in [4.78, 5) is 23.6. The molecule has 0 spiro atoms. The molecule has 1 N–H and O–H groups in total. The number of fused-ring (bicyclic) bond motifs is 2. The predicted octanol–water partition coefficient (Wildman–Crippen LogP) is 4.47. The summed E-state index contributed by atoms with van der Waals surface area (Å²) in [7, 11) is 1.60. The highest BCUT2D eigenvalue weighted by Crippen LogP contribution is 2.35. The molecule has 4 aromatic rings. The van der Waals surface area contributed by atoms with E-state index in [1.807, 2.05) is 35.8 Å². The predicted molar refractivity (Wildman–Crippen MR) is 127 cm³/mol. The molecule has 33 heavy (non-hydrogen) atoms. The summed E-state index contributed by atoms with van der Waals surface area (Å²) >= 11 is 6.42. The largest absolute Gasteiger partial charge is 0.478 e. The van der Waals surface area contributed by atoms with Crippen molar-refractivity contribution in [1.29, 1.82) is 0 Å². The van der Waals surface area contributed by atoms with E-state index in [2.05, 4.69) is 9.88 Å². The molecule has 3 heterocycles. The monoisotopic (exact) mass is 466 g/mol. The maximum atomic E-state index is 12.3. The maximum absolute atomic E-state index is 12.3. The average Bonchev–Trinajstić information content (AvgIpc) is 3.22. The van der Waals surface area contributed by atoms with Gasteiger partial charge in [0.1, 0.15) is 17.4 Å². The minimum atomic E-state index is -1.03. The highest BCUT2D eigenvalue weighted by molar-refractivity contribution is 6.35. The van der Waals surface area contributed by atoms with Gasteiger partial charge in [-0.25, -0.2) is 9.78 Å². The average molecular weight is 467 g/mol. The van der Waals surface area contributed by atoms with E-state index < -0.39 is 5.97 Å². The summed E-state index contributed by atoms with van der Waals surface area (Å²) in [6.45, 7) is 4.46. The second-order valence-electron chi connectivity index (χ2n) is 7.92. The van der Waals surface area contributed by atoms with Gasteiger partial charge in [-0.1, -0.05) is 23.7 Å². The van der Waals surface area contributed by atoms with Gasteiger partial charge in [-0.3, -0.25) is 9.55 Å². The molecule has 9 heteroatoms. The van der Waals surface area contributed by atoms with E-state index >= 15 is 0 Å². The summed E-state index contributed by atoms with van der Waals surface area (Å²) < 4.78 is 13.0. The van der Waals surface area contributed by atoms with Crippen molar-refractivity contribution in [3.05, 3.63) is 59.0 Å². The van der Waals surface area contributed by atoms with Crippen LogP contribution in [0.25, 0.3) is 27.6 Å². The number of aromatic carboxylic acids is 1.